The summed E-state index contributed by atoms with van der Waals surface area (Å²) in [5.41, 5.74) is 3.11. The molecule has 5 heterocycles. The maximum atomic E-state index is 12.5. The van der Waals surface area contributed by atoms with E-state index in [1.54, 1.807) is 6.20 Å². The van der Waals surface area contributed by atoms with E-state index < -0.39 is 15.7 Å². The molecule has 1 amide bonds. The molecule has 1 aliphatic heterocycles. The first-order valence-electron chi connectivity index (χ1n) is 11.3. The molecular formula is C25H24N6O3S. The zero-order valence-electron chi connectivity index (χ0n) is 19.2. The quantitative estimate of drug-likeness (QED) is 0.440. The number of nitrogens with one attached hydrogen (secondary N) is 1. The second kappa shape index (κ2) is 9.38. The van der Waals surface area contributed by atoms with Crippen LogP contribution in [-0.4, -0.2) is 53.6 Å². The molecule has 0 saturated carbocycles. The largest absolute Gasteiger partial charge is 0.357 e. The molecule has 178 valence electrons. The van der Waals surface area contributed by atoms with Crippen molar-refractivity contribution in [2.45, 2.75) is 24.3 Å². The molecule has 1 aliphatic rings. The minimum atomic E-state index is -3.46. The van der Waals surface area contributed by atoms with Crippen molar-refractivity contribution < 1.29 is 13.2 Å². The van der Waals surface area contributed by atoms with E-state index in [9.17, 15) is 13.2 Å². The maximum Gasteiger partial charge on any atom is 0.253 e. The zero-order chi connectivity index (χ0) is 24.4. The number of hydrogen-bond acceptors (Lipinski definition) is 8. The monoisotopic (exact) mass is 488 g/mol. The van der Waals surface area contributed by atoms with Gasteiger partial charge in [-0.15, -0.1) is 0 Å². The van der Waals surface area contributed by atoms with Gasteiger partial charge in [0.05, 0.1) is 39.6 Å². The highest BCUT2D eigenvalue weighted by molar-refractivity contribution is 7.90. The van der Waals surface area contributed by atoms with Crippen molar-refractivity contribution >= 4 is 32.5 Å². The van der Waals surface area contributed by atoms with Gasteiger partial charge in [0.2, 0.25) is 0 Å². The van der Waals surface area contributed by atoms with Crippen LogP contribution in [0.3, 0.4) is 0 Å². The van der Waals surface area contributed by atoms with Gasteiger partial charge in [0.25, 0.3) is 5.91 Å². The summed E-state index contributed by atoms with van der Waals surface area (Å²) in [5.74, 6) is 0.531. The lowest BCUT2D eigenvalue weighted by atomic mass is 10.2. The molecule has 35 heavy (non-hydrogen) atoms. The van der Waals surface area contributed by atoms with Gasteiger partial charge in [0.1, 0.15) is 5.82 Å². The fraction of sp³-hybridized carbons (Fsp3) is 0.240. The molecule has 4 aromatic rings. The van der Waals surface area contributed by atoms with E-state index in [1.807, 2.05) is 36.4 Å². The summed E-state index contributed by atoms with van der Waals surface area (Å²) in [6.07, 6.45) is 7.71. The van der Waals surface area contributed by atoms with E-state index in [1.165, 1.54) is 31.3 Å². The van der Waals surface area contributed by atoms with Crippen LogP contribution in [-0.2, 0) is 16.4 Å². The Morgan fingerprint density at radius 2 is 1.80 bits per heavy atom. The number of rotatable bonds is 6. The fourth-order valence-corrected chi connectivity index (χ4v) is 4.60. The van der Waals surface area contributed by atoms with E-state index >= 15 is 0 Å². The van der Waals surface area contributed by atoms with E-state index in [0.29, 0.717) is 5.69 Å². The van der Waals surface area contributed by atoms with Crippen molar-refractivity contribution in [3.63, 3.8) is 0 Å². The number of aromatic nitrogens is 4. The van der Waals surface area contributed by atoms with Crippen molar-refractivity contribution in [1.29, 1.82) is 0 Å². The summed E-state index contributed by atoms with van der Waals surface area (Å²) in [6, 6.07) is 13.0. The predicted octanol–water partition coefficient (Wildman–Crippen LogP) is 3.02. The molecule has 0 atom stereocenters. The predicted molar refractivity (Wildman–Crippen MR) is 133 cm³/mol. The third kappa shape index (κ3) is 5.12. The Morgan fingerprint density at radius 1 is 1.00 bits per heavy atom. The van der Waals surface area contributed by atoms with Crippen molar-refractivity contribution in [3.05, 3.63) is 72.3 Å². The first kappa shape index (κ1) is 22.9. The average Bonchev–Trinajstić information content (AvgIpc) is 3.42. The van der Waals surface area contributed by atoms with Crippen LogP contribution in [0, 0.1) is 0 Å². The summed E-state index contributed by atoms with van der Waals surface area (Å²) in [7, 11) is -3.46. The van der Waals surface area contributed by atoms with Gasteiger partial charge in [-0.2, -0.15) is 0 Å². The van der Waals surface area contributed by atoms with Crippen LogP contribution in [0.2, 0.25) is 0 Å². The molecule has 0 unspecified atom stereocenters. The van der Waals surface area contributed by atoms with E-state index in [-0.39, 0.29) is 17.0 Å². The molecule has 1 fully saturated rings. The van der Waals surface area contributed by atoms with Crippen LogP contribution in [0.1, 0.15) is 28.9 Å². The van der Waals surface area contributed by atoms with Crippen molar-refractivity contribution in [2.75, 3.05) is 24.2 Å². The minimum Gasteiger partial charge on any atom is -0.357 e. The Balaban J connectivity index is 1.34. The topological polar surface area (TPSA) is 118 Å². The van der Waals surface area contributed by atoms with E-state index in [4.69, 9.17) is 9.97 Å². The number of carbonyl (C=O) groups excluding carboxylic acids is 1. The molecule has 5 rings (SSSR count). The summed E-state index contributed by atoms with van der Waals surface area (Å²) in [4.78, 5) is 32.7. The molecule has 1 N–H and O–H groups in total. The Kier molecular flexibility index (Phi) is 6.12. The summed E-state index contributed by atoms with van der Waals surface area (Å²) in [6.45, 7) is 2.21. The van der Waals surface area contributed by atoms with Crippen LogP contribution in [0.15, 0.2) is 66.0 Å². The third-order valence-electron chi connectivity index (χ3n) is 5.89. The van der Waals surface area contributed by atoms with Crippen LogP contribution in [0.25, 0.3) is 22.3 Å². The number of carbonyl (C=O) groups is 1. The zero-order valence-corrected chi connectivity index (χ0v) is 20.0. The van der Waals surface area contributed by atoms with E-state index in [2.05, 4.69) is 20.2 Å². The molecule has 9 nitrogen and oxygen atoms in total. The second-order valence-corrected chi connectivity index (χ2v) is 10.5. The summed E-state index contributed by atoms with van der Waals surface area (Å²) >= 11 is 0. The Hall–Kier alpha value is -3.92. The number of amides is 1. The highest BCUT2D eigenvalue weighted by atomic mass is 32.2. The molecule has 0 radical (unpaired) electrons. The Bertz CT molecular complexity index is 1520. The maximum absolute atomic E-state index is 12.5. The second-order valence-electron chi connectivity index (χ2n) is 8.50. The van der Waals surface area contributed by atoms with Gasteiger partial charge in [-0.3, -0.25) is 14.8 Å². The highest BCUT2D eigenvalue weighted by Crippen LogP contribution is 2.24. The number of nitrogens with zero attached hydrogens (tertiary/aromatic N) is 5. The number of fused-ring (bicyclic) bond motifs is 1. The van der Waals surface area contributed by atoms with Gasteiger partial charge < -0.3 is 10.2 Å². The summed E-state index contributed by atoms with van der Waals surface area (Å²) in [5, 5.41) is 3.64. The molecule has 4 aromatic heterocycles. The minimum absolute atomic E-state index is 0.00637. The standard InChI is InChI=1S/C25H24N6O3S/c1-35(33,34)20-11-18(13-26-16-20)25(32)28-15-19-12-23-17(14-27-19)7-8-22(29-23)21-5-4-6-24(30-21)31-9-2-3-10-31/h4-8,11-14,16H,2-3,9-10,15H2,1H3,(H,28,32). The van der Waals surface area contributed by atoms with Gasteiger partial charge in [-0.1, -0.05) is 6.07 Å². The van der Waals surface area contributed by atoms with Crippen molar-refractivity contribution in [3.8, 4) is 11.4 Å². The lowest BCUT2D eigenvalue weighted by Crippen LogP contribution is -2.23. The normalized spacial score (nSPS) is 13.8. The molecule has 0 aromatic carbocycles. The Labute approximate surface area is 203 Å². The first-order valence-corrected chi connectivity index (χ1v) is 13.2. The van der Waals surface area contributed by atoms with Crippen LogP contribution < -0.4 is 10.2 Å². The third-order valence-corrected chi connectivity index (χ3v) is 6.97. The highest BCUT2D eigenvalue weighted by Gasteiger charge is 2.15. The summed E-state index contributed by atoms with van der Waals surface area (Å²) < 4.78 is 23.5. The molecule has 1 saturated heterocycles. The fourth-order valence-electron chi connectivity index (χ4n) is 4.00. The first-order chi connectivity index (χ1) is 16.9. The van der Waals surface area contributed by atoms with Gasteiger partial charge in [-0.05, 0) is 49.2 Å². The van der Waals surface area contributed by atoms with Gasteiger partial charge in [0, 0.05) is 43.3 Å². The molecule has 0 spiro atoms. The van der Waals surface area contributed by atoms with Crippen molar-refractivity contribution in [1.82, 2.24) is 25.3 Å². The molecule has 0 bridgehead atoms. The Morgan fingerprint density at radius 3 is 2.60 bits per heavy atom. The number of sulfone groups is 1. The van der Waals surface area contributed by atoms with Crippen LogP contribution in [0.4, 0.5) is 5.82 Å². The number of anilines is 1. The number of hydrogen-bond donors (Lipinski definition) is 1. The van der Waals surface area contributed by atoms with Gasteiger partial charge in [-0.25, -0.2) is 18.4 Å². The molecular weight excluding hydrogens is 464 g/mol. The van der Waals surface area contributed by atoms with E-state index in [0.717, 1.165) is 47.5 Å². The van der Waals surface area contributed by atoms with Crippen molar-refractivity contribution in [2.24, 2.45) is 0 Å². The lowest BCUT2D eigenvalue weighted by molar-refractivity contribution is 0.0950. The lowest BCUT2D eigenvalue weighted by Gasteiger charge is -2.16. The van der Waals surface area contributed by atoms with Gasteiger partial charge in [0.15, 0.2) is 9.84 Å². The average molecular weight is 489 g/mol. The van der Waals surface area contributed by atoms with Crippen LogP contribution >= 0.6 is 0 Å². The number of pyridine rings is 4. The molecule has 10 heteroatoms. The SMILES string of the molecule is CS(=O)(=O)c1cncc(C(=O)NCc2cc3nc(-c4cccc(N5CCCC5)n4)ccc3cn2)c1. The smallest absolute Gasteiger partial charge is 0.253 e. The molecule has 0 aliphatic carbocycles. The van der Waals surface area contributed by atoms with Crippen LogP contribution in [0.5, 0.6) is 0 Å². The van der Waals surface area contributed by atoms with Gasteiger partial charge >= 0.3 is 0 Å².